The molecule has 0 aromatic carbocycles. The van der Waals surface area contributed by atoms with E-state index in [-0.39, 0.29) is 5.56 Å². The number of hydrogen-bond acceptors (Lipinski definition) is 3. The highest BCUT2D eigenvalue weighted by atomic mass is 32.1. The fourth-order valence-corrected chi connectivity index (χ4v) is 3.17. The van der Waals surface area contributed by atoms with E-state index in [1.165, 1.54) is 5.56 Å². The van der Waals surface area contributed by atoms with Gasteiger partial charge in [-0.2, -0.15) is 5.10 Å². The van der Waals surface area contributed by atoms with Crippen LogP contribution in [0.25, 0.3) is 11.4 Å². The molecule has 106 valence electrons. The first-order valence-corrected chi connectivity index (χ1v) is 7.41. The lowest BCUT2D eigenvalue weighted by Crippen LogP contribution is -2.23. The molecule has 3 rings (SSSR count). The molecule has 0 amide bonds. The maximum atomic E-state index is 12.6. The molecule has 0 atom stereocenters. The van der Waals surface area contributed by atoms with Crippen LogP contribution in [0.3, 0.4) is 0 Å². The highest BCUT2D eigenvalue weighted by molar-refractivity contribution is 7.71. The molecule has 6 heteroatoms. The lowest BCUT2D eigenvalue weighted by atomic mass is 10.1. The molecule has 2 aromatic heterocycles. The second-order valence-electron chi connectivity index (χ2n) is 5.25. The number of hydrogen-bond donors (Lipinski definition) is 1. The van der Waals surface area contributed by atoms with Gasteiger partial charge in [0.25, 0.3) is 5.56 Å². The topological polar surface area (TPSA) is 55.6 Å². The molecule has 0 unspecified atom stereocenters. The minimum absolute atomic E-state index is 0.0111. The van der Waals surface area contributed by atoms with E-state index in [4.69, 9.17) is 12.2 Å². The lowest BCUT2D eigenvalue weighted by molar-refractivity contribution is 0.673. The van der Waals surface area contributed by atoms with Crippen LogP contribution in [0.15, 0.2) is 10.9 Å². The predicted molar refractivity (Wildman–Crippen MR) is 80.4 cm³/mol. The largest absolute Gasteiger partial charge is 0.315 e. The summed E-state index contributed by atoms with van der Waals surface area (Å²) in [7, 11) is 1.85. The minimum Gasteiger partial charge on any atom is -0.315 e. The summed E-state index contributed by atoms with van der Waals surface area (Å²) in [5, 5.41) is 7.07. The van der Waals surface area contributed by atoms with Crippen LogP contribution in [0.1, 0.15) is 31.0 Å². The van der Waals surface area contributed by atoms with Gasteiger partial charge < -0.3 is 9.13 Å². The van der Waals surface area contributed by atoms with E-state index in [0.717, 1.165) is 37.9 Å². The van der Waals surface area contributed by atoms with Gasteiger partial charge in [-0.15, -0.1) is 0 Å². The van der Waals surface area contributed by atoms with Gasteiger partial charge in [-0.25, -0.2) is 0 Å². The lowest BCUT2D eigenvalue weighted by Gasteiger charge is -2.10. The van der Waals surface area contributed by atoms with Gasteiger partial charge in [0.2, 0.25) is 0 Å². The van der Waals surface area contributed by atoms with Crippen LogP contribution < -0.4 is 5.56 Å². The van der Waals surface area contributed by atoms with Crippen LogP contribution in [-0.4, -0.2) is 19.3 Å². The third-order valence-electron chi connectivity index (χ3n) is 3.94. The molecular weight excluding hydrogens is 272 g/mol. The summed E-state index contributed by atoms with van der Waals surface area (Å²) in [5.41, 5.74) is 3.08. The molecule has 1 aliphatic rings. The second-order valence-corrected chi connectivity index (χ2v) is 5.64. The Hall–Kier alpha value is -1.69. The summed E-state index contributed by atoms with van der Waals surface area (Å²) in [6, 6.07) is 2.00. The van der Waals surface area contributed by atoms with Crippen molar-refractivity contribution in [1.82, 2.24) is 19.3 Å². The molecule has 1 aliphatic carbocycles. The van der Waals surface area contributed by atoms with E-state index in [1.807, 2.05) is 17.7 Å². The Kier molecular flexibility index (Phi) is 3.33. The molecule has 0 saturated carbocycles. The number of aryl methyl sites for hydroxylation is 1. The number of H-pyrrole nitrogens is 1. The van der Waals surface area contributed by atoms with E-state index >= 15 is 0 Å². The normalized spacial score (nSPS) is 13.7. The Labute approximate surface area is 122 Å². The molecule has 2 heterocycles. The van der Waals surface area contributed by atoms with Crippen molar-refractivity contribution in [3.8, 4) is 11.4 Å². The maximum Gasteiger partial charge on any atom is 0.261 e. The minimum atomic E-state index is 0.0111. The highest BCUT2D eigenvalue weighted by Crippen LogP contribution is 2.24. The molecule has 0 radical (unpaired) electrons. The first kappa shape index (κ1) is 13.3. The quantitative estimate of drug-likeness (QED) is 0.882. The molecule has 0 fully saturated rings. The molecule has 20 heavy (non-hydrogen) atoms. The standard InChI is InChI=1S/C14H18N4OS/c1-3-7-18-12(15-16-14(18)20)10-8-9-5-4-6-11(9)17(2)13(10)19/h8H,3-7H2,1-2H3,(H,16,20). The molecule has 0 spiro atoms. The van der Waals surface area contributed by atoms with Gasteiger partial charge in [0.1, 0.15) is 0 Å². The molecule has 0 saturated heterocycles. The summed E-state index contributed by atoms with van der Waals surface area (Å²) in [6.45, 7) is 2.85. The van der Waals surface area contributed by atoms with Crippen molar-refractivity contribution in [1.29, 1.82) is 0 Å². The Balaban J connectivity index is 2.24. The average molecular weight is 290 g/mol. The number of aromatic nitrogens is 4. The monoisotopic (exact) mass is 290 g/mol. The summed E-state index contributed by atoms with van der Waals surface area (Å²) in [6.07, 6.45) is 4.10. The van der Waals surface area contributed by atoms with Crippen LogP contribution in [0.4, 0.5) is 0 Å². The first-order chi connectivity index (χ1) is 9.63. The van der Waals surface area contributed by atoms with Gasteiger partial charge >= 0.3 is 0 Å². The van der Waals surface area contributed by atoms with E-state index in [1.54, 1.807) is 4.57 Å². The summed E-state index contributed by atoms with van der Waals surface area (Å²) in [5.74, 6) is 0.659. The summed E-state index contributed by atoms with van der Waals surface area (Å²) < 4.78 is 4.25. The van der Waals surface area contributed by atoms with Gasteiger partial charge in [0.05, 0.1) is 5.56 Å². The molecule has 5 nitrogen and oxygen atoms in total. The van der Waals surface area contributed by atoms with Crippen molar-refractivity contribution in [3.63, 3.8) is 0 Å². The zero-order chi connectivity index (χ0) is 14.3. The maximum absolute atomic E-state index is 12.6. The molecule has 0 aliphatic heterocycles. The third kappa shape index (κ3) is 1.95. The van der Waals surface area contributed by atoms with Gasteiger partial charge in [-0.3, -0.25) is 9.89 Å². The van der Waals surface area contributed by atoms with Gasteiger partial charge in [-0.1, -0.05) is 6.92 Å². The van der Waals surface area contributed by atoms with Crippen LogP contribution >= 0.6 is 12.2 Å². The Morgan fingerprint density at radius 3 is 3.00 bits per heavy atom. The number of rotatable bonds is 3. The van der Waals surface area contributed by atoms with Crippen LogP contribution in [0.5, 0.6) is 0 Å². The number of nitrogens with zero attached hydrogens (tertiary/aromatic N) is 3. The highest BCUT2D eigenvalue weighted by Gasteiger charge is 2.20. The van der Waals surface area contributed by atoms with Crippen molar-refractivity contribution in [3.05, 3.63) is 32.4 Å². The zero-order valence-corrected chi connectivity index (χ0v) is 12.6. The van der Waals surface area contributed by atoms with Crippen molar-refractivity contribution in [2.75, 3.05) is 0 Å². The number of nitrogens with one attached hydrogen (secondary N) is 1. The van der Waals surface area contributed by atoms with Crippen LogP contribution in [-0.2, 0) is 26.4 Å². The van der Waals surface area contributed by atoms with E-state index in [9.17, 15) is 4.79 Å². The van der Waals surface area contributed by atoms with Crippen LogP contribution in [0.2, 0.25) is 0 Å². The summed E-state index contributed by atoms with van der Waals surface area (Å²) in [4.78, 5) is 12.6. The first-order valence-electron chi connectivity index (χ1n) is 7.00. The zero-order valence-electron chi connectivity index (χ0n) is 11.8. The number of pyridine rings is 1. The molecular formula is C14H18N4OS. The van der Waals surface area contributed by atoms with Crippen molar-refractivity contribution in [2.24, 2.45) is 7.05 Å². The van der Waals surface area contributed by atoms with Crippen molar-refractivity contribution >= 4 is 12.2 Å². The number of aromatic amines is 1. The molecule has 0 bridgehead atoms. The molecule has 2 aromatic rings. The smallest absolute Gasteiger partial charge is 0.261 e. The Morgan fingerprint density at radius 1 is 1.45 bits per heavy atom. The number of fused-ring (bicyclic) bond motifs is 1. The van der Waals surface area contributed by atoms with Crippen molar-refractivity contribution < 1.29 is 0 Å². The van der Waals surface area contributed by atoms with E-state index in [2.05, 4.69) is 17.1 Å². The van der Waals surface area contributed by atoms with Gasteiger partial charge in [0.15, 0.2) is 10.6 Å². The van der Waals surface area contributed by atoms with E-state index < -0.39 is 0 Å². The van der Waals surface area contributed by atoms with Gasteiger partial charge in [-0.05, 0) is 49.5 Å². The SMILES string of the molecule is CCCn1c(-c2cc3c(n(C)c2=O)CCC3)n[nH]c1=S. The van der Waals surface area contributed by atoms with Gasteiger partial charge in [0, 0.05) is 19.3 Å². The van der Waals surface area contributed by atoms with E-state index in [0.29, 0.717) is 16.2 Å². The summed E-state index contributed by atoms with van der Waals surface area (Å²) >= 11 is 5.25. The fraction of sp³-hybridized carbons (Fsp3) is 0.500. The molecule has 1 N–H and O–H groups in total. The second kappa shape index (κ2) is 5.01. The predicted octanol–water partition coefficient (Wildman–Crippen LogP) is 2.21. The average Bonchev–Trinajstić information content (AvgIpc) is 3.03. The van der Waals surface area contributed by atoms with Crippen molar-refractivity contribution in [2.45, 2.75) is 39.2 Å². The Bertz CT molecular complexity index is 768. The third-order valence-corrected chi connectivity index (χ3v) is 4.25. The van der Waals surface area contributed by atoms with Crippen LogP contribution in [0, 0.1) is 4.77 Å². The Morgan fingerprint density at radius 2 is 2.25 bits per heavy atom. The fourth-order valence-electron chi connectivity index (χ4n) is 2.94.